The summed E-state index contributed by atoms with van der Waals surface area (Å²) in [5.41, 5.74) is 6.49. The van der Waals surface area contributed by atoms with Crippen LogP contribution in [0, 0.1) is 27.7 Å². The van der Waals surface area contributed by atoms with Crippen molar-refractivity contribution < 1.29 is 4.79 Å². The molecule has 0 spiro atoms. The summed E-state index contributed by atoms with van der Waals surface area (Å²) in [5, 5.41) is 15.6. The number of amides is 1. The van der Waals surface area contributed by atoms with Gasteiger partial charge in [-0.05, 0) is 51.0 Å². The Labute approximate surface area is 176 Å². The number of nitrogens with zero attached hydrogens (tertiary/aromatic N) is 3. The highest BCUT2D eigenvalue weighted by molar-refractivity contribution is 7.99. The quantitative estimate of drug-likeness (QED) is 0.566. The van der Waals surface area contributed by atoms with E-state index in [1.807, 2.05) is 37.6 Å². The predicted molar refractivity (Wildman–Crippen MR) is 120 cm³/mol. The molecule has 3 rings (SSSR count). The van der Waals surface area contributed by atoms with Crippen molar-refractivity contribution >= 4 is 29.0 Å². The molecule has 0 bridgehead atoms. The van der Waals surface area contributed by atoms with Gasteiger partial charge in [-0.25, -0.2) is 0 Å². The molecule has 2 aromatic carbocycles. The molecule has 7 heteroatoms. The van der Waals surface area contributed by atoms with E-state index < -0.39 is 0 Å². The van der Waals surface area contributed by atoms with Crippen LogP contribution in [0.5, 0.6) is 0 Å². The van der Waals surface area contributed by atoms with E-state index >= 15 is 0 Å². The van der Waals surface area contributed by atoms with Crippen molar-refractivity contribution in [1.82, 2.24) is 14.8 Å². The summed E-state index contributed by atoms with van der Waals surface area (Å²) in [6.07, 6.45) is 0. The molecule has 1 aromatic heterocycles. The molecule has 3 aromatic rings. The summed E-state index contributed by atoms with van der Waals surface area (Å²) in [4.78, 5) is 12.4. The van der Waals surface area contributed by atoms with Gasteiger partial charge < -0.3 is 15.2 Å². The Hall–Kier alpha value is -2.80. The van der Waals surface area contributed by atoms with E-state index in [0.29, 0.717) is 6.54 Å². The van der Waals surface area contributed by atoms with Crippen molar-refractivity contribution in [2.24, 2.45) is 7.05 Å². The van der Waals surface area contributed by atoms with Gasteiger partial charge in [0, 0.05) is 18.4 Å². The molecule has 1 amide bonds. The van der Waals surface area contributed by atoms with Gasteiger partial charge in [-0.2, -0.15) is 0 Å². The minimum atomic E-state index is -0.0487. The van der Waals surface area contributed by atoms with Gasteiger partial charge >= 0.3 is 0 Å². The molecule has 0 aliphatic rings. The standard InChI is InChI=1S/C22H27N5OS/c1-14-6-8-18(9-7-14)23-12-19-25-26-22(27(19)5)29-13-20(28)24-21-16(3)10-15(2)11-17(21)4/h6-11,23H,12-13H2,1-5H3,(H,24,28). The number of nitrogens with one attached hydrogen (secondary N) is 2. The number of hydrogen-bond donors (Lipinski definition) is 2. The molecule has 0 atom stereocenters. The number of hydrogen-bond acceptors (Lipinski definition) is 5. The Kier molecular flexibility index (Phi) is 6.59. The lowest BCUT2D eigenvalue weighted by Gasteiger charge is -2.12. The van der Waals surface area contributed by atoms with Crippen molar-refractivity contribution in [2.75, 3.05) is 16.4 Å². The number of carbonyl (C=O) groups excluding carboxylic acids is 1. The first-order chi connectivity index (χ1) is 13.8. The Balaban J connectivity index is 1.56. The second-order valence-electron chi connectivity index (χ2n) is 7.29. The van der Waals surface area contributed by atoms with Crippen LogP contribution >= 0.6 is 11.8 Å². The van der Waals surface area contributed by atoms with Crippen LogP contribution in [0.2, 0.25) is 0 Å². The highest BCUT2D eigenvalue weighted by atomic mass is 32.2. The topological polar surface area (TPSA) is 71.8 Å². The lowest BCUT2D eigenvalue weighted by atomic mass is 10.1. The SMILES string of the molecule is Cc1ccc(NCc2nnc(SCC(=O)Nc3c(C)cc(C)cc3C)n2C)cc1. The van der Waals surface area contributed by atoms with E-state index in [0.717, 1.165) is 33.5 Å². The molecular formula is C22H27N5OS. The molecule has 0 fully saturated rings. The average molecular weight is 410 g/mol. The monoisotopic (exact) mass is 409 g/mol. The third-order valence-electron chi connectivity index (χ3n) is 4.70. The predicted octanol–water partition coefficient (Wildman–Crippen LogP) is 4.39. The minimum absolute atomic E-state index is 0.0487. The number of rotatable bonds is 7. The maximum Gasteiger partial charge on any atom is 0.234 e. The van der Waals surface area contributed by atoms with Gasteiger partial charge in [0.2, 0.25) is 5.91 Å². The molecule has 1 heterocycles. The Morgan fingerprint density at radius 2 is 1.66 bits per heavy atom. The number of carbonyl (C=O) groups is 1. The van der Waals surface area contributed by atoms with E-state index in [1.165, 1.54) is 22.9 Å². The van der Waals surface area contributed by atoms with Crippen molar-refractivity contribution in [3.63, 3.8) is 0 Å². The Morgan fingerprint density at radius 3 is 2.31 bits per heavy atom. The zero-order valence-corrected chi connectivity index (χ0v) is 18.4. The van der Waals surface area contributed by atoms with Gasteiger partial charge in [-0.3, -0.25) is 4.79 Å². The molecule has 6 nitrogen and oxygen atoms in total. The van der Waals surface area contributed by atoms with Crippen LogP contribution in [0.15, 0.2) is 41.6 Å². The van der Waals surface area contributed by atoms with Crippen molar-refractivity contribution in [3.8, 4) is 0 Å². The van der Waals surface area contributed by atoms with Crippen LogP contribution in [0.1, 0.15) is 28.1 Å². The molecule has 0 unspecified atom stereocenters. The summed E-state index contributed by atoms with van der Waals surface area (Å²) >= 11 is 1.38. The van der Waals surface area contributed by atoms with Crippen LogP contribution in [-0.4, -0.2) is 26.4 Å². The zero-order chi connectivity index (χ0) is 21.0. The number of aromatic nitrogens is 3. The smallest absolute Gasteiger partial charge is 0.234 e. The van der Waals surface area contributed by atoms with E-state index in [-0.39, 0.29) is 11.7 Å². The molecule has 152 valence electrons. The van der Waals surface area contributed by atoms with Crippen LogP contribution < -0.4 is 10.6 Å². The highest BCUT2D eigenvalue weighted by Crippen LogP contribution is 2.23. The van der Waals surface area contributed by atoms with E-state index in [4.69, 9.17) is 0 Å². The van der Waals surface area contributed by atoms with Crippen LogP contribution in [0.4, 0.5) is 11.4 Å². The number of aryl methyl sites for hydroxylation is 4. The summed E-state index contributed by atoms with van der Waals surface area (Å²) in [5.74, 6) is 1.05. The average Bonchev–Trinajstić information content (AvgIpc) is 3.02. The minimum Gasteiger partial charge on any atom is -0.378 e. The largest absolute Gasteiger partial charge is 0.378 e. The fourth-order valence-electron chi connectivity index (χ4n) is 3.16. The summed E-state index contributed by atoms with van der Waals surface area (Å²) in [6, 6.07) is 12.4. The van der Waals surface area contributed by atoms with Gasteiger partial charge in [0.15, 0.2) is 11.0 Å². The van der Waals surface area contributed by atoms with Gasteiger partial charge in [-0.15, -0.1) is 10.2 Å². The first-order valence-electron chi connectivity index (χ1n) is 9.53. The van der Waals surface area contributed by atoms with Crippen LogP contribution in [-0.2, 0) is 18.4 Å². The van der Waals surface area contributed by atoms with E-state index in [9.17, 15) is 4.79 Å². The number of thioether (sulfide) groups is 1. The second kappa shape index (κ2) is 9.13. The summed E-state index contributed by atoms with van der Waals surface area (Å²) in [6.45, 7) is 8.72. The number of benzene rings is 2. The van der Waals surface area contributed by atoms with Gasteiger partial charge in [0.05, 0.1) is 12.3 Å². The zero-order valence-electron chi connectivity index (χ0n) is 17.5. The van der Waals surface area contributed by atoms with E-state index in [1.54, 1.807) is 0 Å². The maximum atomic E-state index is 12.4. The molecule has 0 saturated carbocycles. The van der Waals surface area contributed by atoms with Crippen LogP contribution in [0.3, 0.4) is 0 Å². The van der Waals surface area contributed by atoms with Gasteiger partial charge in [-0.1, -0.05) is 47.2 Å². The Bertz CT molecular complexity index is 988. The van der Waals surface area contributed by atoms with Crippen molar-refractivity contribution in [1.29, 1.82) is 0 Å². The third kappa shape index (κ3) is 5.38. The van der Waals surface area contributed by atoms with Crippen molar-refractivity contribution in [3.05, 3.63) is 64.5 Å². The molecule has 2 N–H and O–H groups in total. The number of anilines is 2. The van der Waals surface area contributed by atoms with Gasteiger partial charge in [0.25, 0.3) is 0 Å². The molecule has 0 saturated heterocycles. The van der Waals surface area contributed by atoms with E-state index in [2.05, 4.69) is 58.9 Å². The molecule has 0 aliphatic heterocycles. The second-order valence-corrected chi connectivity index (χ2v) is 8.23. The first kappa shape index (κ1) is 20.9. The molecular weight excluding hydrogens is 382 g/mol. The lowest BCUT2D eigenvalue weighted by Crippen LogP contribution is -2.16. The maximum absolute atomic E-state index is 12.4. The highest BCUT2D eigenvalue weighted by Gasteiger charge is 2.13. The summed E-state index contributed by atoms with van der Waals surface area (Å²) < 4.78 is 1.92. The first-order valence-corrected chi connectivity index (χ1v) is 10.5. The molecule has 0 radical (unpaired) electrons. The fraction of sp³-hybridized carbons (Fsp3) is 0.318. The third-order valence-corrected chi connectivity index (χ3v) is 5.72. The molecule has 0 aliphatic carbocycles. The van der Waals surface area contributed by atoms with Crippen LogP contribution in [0.25, 0.3) is 0 Å². The molecule has 29 heavy (non-hydrogen) atoms. The lowest BCUT2D eigenvalue weighted by molar-refractivity contribution is -0.113. The normalized spacial score (nSPS) is 10.8. The van der Waals surface area contributed by atoms with Crippen molar-refractivity contribution in [2.45, 2.75) is 39.4 Å². The van der Waals surface area contributed by atoms with Gasteiger partial charge in [0.1, 0.15) is 0 Å². The fourth-order valence-corrected chi connectivity index (χ4v) is 3.89. The summed E-state index contributed by atoms with van der Waals surface area (Å²) in [7, 11) is 1.92. The Morgan fingerprint density at radius 1 is 1.00 bits per heavy atom.